The SMILES string of the molecule is COC(=O)c1c(NC(=O)CN2CCN(c3cc(Cl)ccc3C)CC2)sc2c1CCCCC2. The van der Waals surface area contributed by atoms with Crippen LogP contribution < -0.4 is 10.2 Å². The Bertz CT molecular complexity index is 999. The second-order valence-electron chi connectivity index (χ2n) is 8.50. The van der Waals surface area contributed by atoms with Crippen molar-refractivity contribution in [1.29, 1.82) is 0 Å². The van der Waals surface area contributed by atoms with Crippen molar-refractivity contribution >= 4 is 45.5 Å². The van der Waals surface area contributed by atoms with Crippen molar-refractivity contribution in [3.8, 4) is 0 Å². The number of methoxy groups -OCH3 is 1. The fraction of sp³-hybridized carbons (Fsp3) is 0.500. The Morgan fingerprint density at radius 1 is 1.12 bits per heavy atom. The van der Waals surface area contributed by atoms with E-state index in [-0.39, 0.29) is 11.9 Å². The molecule has 0 bridgehead atoms. The molecule has 1 fully saturated rings. The lowest BCUT2D eigenvalue weighted by Gasteiger charge is -2.36. The fourth-order valence-electron chi connectivity index (χ4n) is 4.59. The molecular formula is C24H30ClN3O3S. The summed E-state index contributed by atoms with van der Waals surface area (Å²) in [5.74, 6) is -0.441. The van der Waals surface area contributed by atoms with Gasteiger partial charge in [-0.15, -0.1) is 11.3 Å². The van der Waals surface area contributed by atoms with Crippen molar-refractivity contribution in [2.75, 3.05) is 50.1 Å². The number of ether oxygens (including phenoxy) is 1. The minimum absolute atomic E-state index is 0.0843. The van der Waals surface area contributed by atoms with Gasteiger partial charge in [0.2, 0.25) is 5.91 Å². The normalized spacial score (nSPS) is 16.9. The Labute approximate surface area is 198 Å². The van der Waals surface area contributed by atoms with Gasteiger partial charge >= 0.3 is 5.97 Å². The maximum Gasteiger partial charge on any atom is 0.341 e. The topological polar surface area (TPSA) is 61.9 Å². The molecule has 1 N–H and O–H groups in total. The summed E-state index contributed by atoms with van der Waals surface area (Å²) in [7, 11) is 1.40. The molecule has 0 unspecified atom stereocenters. The first-order chi connectivity index (χ1) is 15.5. The number of aryl methyl sites for hydroxylation is 2. The van der Waals surface area contributed by atoms with Gasteiger partial charge in [0.1, 0.15) is 5.00 Å². The summed E-state index contributed by atoms with van der Waals surface area (Å²) in [5, 5.41) is 4.40. The minimum Gasteiger partial charge on any atom is -0.465 e. The van der Waals surface area contributed by atoms with Crippen molar-refractivity contribution in [1.82, 2.24) is 4.90 Å². The molecule has 2 aliphatic rings. The van der Waals surface area contributed by atoms with E-state index < -0.39 is 0 Å². The number of nitrogens with zero attached hydrogens (tertiary/aromatic N) is 2. The van der Waals surface area contributed by atoms with Crippen LogP contribution in [0.3, 0.4) is 0 Å². The molecule has 172 valence electrons. The van der Waals surface area contributed by atoms with E-state index in [2.05, 4.69) is 22.0 Å². The van der Waals surface area contributed by atoms with E-state index in [9.17, 15) is 9.59 Å². The third-order valence-corrected chi connectivity index (χ3v) is 7.76. The largest absolute Gasteiger partial charge is 0.465 e. The molecule has 8 heteroatoms. The quantitative estimate of drug-likeness (QED) is 0.508. The number of piperazine rings is 1. The smallest absolute Gasteiger partial charge is 0.341 e. The van der Waals surface area contributed by atoms with E-state index in [1.165, 1.54) is 35.3 Å². The number of carbonyl (C=O) groups is 2. The number of nitrogens with one attached hydrogen (secondary N) is 1. The highest BCUT2D eigenvalue weighted by Crippen LogP contribution is 2.38. The third kappa shape index (κ3) is 5.11. The maximum absolute atomic E-state index is 12.8. The molecule has 1 amide bonds. The molecule has 4 rings (SSSR count). The number of hydrogen-bond donors (Lipinski definition) is 1. The molecule has 1 aromatic heterocycles. The molecule has 1 aromatic carbocycles. The number of thiophene rings is 1. The predicted molar refractivity (Wildman–Crippen MR) is 130 cm³/mol. The summed E-state index contributed by atoms with van der Waals surface area (Å²) >= 11 is 7.72. The fourth-order valence-corrected chi connectivity index (χ4v) is 6.05. The standard InChI is InChI=1S/C24H30ClN3O3S/c1-16-8-9-17(25)14-19(16)28-12-10-27(11-13-28)15-21(29)26-23-22(24(30)31-2)18-6-4-3-5-7-20(18)32-23/h8-9,14H,3-7,10-13,15H2,1-2H3,(H,26,29). The molecule has 32 heavy (non-hydrogen) atoms. The zero-order valence-corrected chi connectivity index (χ0v) is 20.3. The van der Waals surface area contributed by atoms with Gasteiger partial charge in [-0.2, -0.15) is 0 Å². The van der Waals surface area contributed by atoms with Crippen LogP contribution in [0.5, 0.6) is 0 Å². The van der Waals surface area contributed by atoms with E-state index in [1.807, 2.05) is 18.2 Å². The first-order valence-corrected chi connectivity index (χ1v) is 12.4. The first kappa shape index (κ1) is 23.1. The van der Waals surface area contributed by atoms with Crippen LogP contribution >= 0.6 is 22.9 Å². The zero-order chi connectivity index (χ0) is 22.7. The second-order valence-corrected chi connectivity index (χ2v) is 10.0. The average molecular weight is 476 g/mol. The van der Waals surface area contributed by atoms with Gasteiger partial charge in [0, 0.05) is 41.8 Å². The Morgan fingerprint density at radius 3 is 2.62 bits per heavy atom. The lowest BCUT2D eigenvalue weighted by molar-refractivity contribution is -0.117. The maximum atomic E-state index is 12.8. The van der Waals surface area contributed by atoms with E-state index in [0.29, 0.717) is 17.1 Å². The molecule has 0 spiro atoms. The van der Waals surface area contributed by atoms with Gasteiger partial charge < -0.3 is 15.0 Å². The van der Waals surface area contributed by atoms with Gasteiger partial charge in [-0.05, 0) is 55.9 Å². The van der Waals surface area contributed by atoms with Crippen molar-refractivity contribution in [2.24, 2.45) is 0 Å². The number of hydrogen-bond acceptors (Lipinski definition) is 6. The molecule has 1 aliphatic carbocycles. The molecule has 1 aliphatic heterocycles. The third-order valence-electron chi connectivity index (χ3n) is 6.32. The lowest BCUT2D eigenvalue weighted by Crippen LogP contribution is -2.48. The highest BCUT2D eigenvalue weighted by Gasteiger charge is 2.27. The Balaban J connectivity index is 1.38. The van der Waals surface area contributed by atoms with Crippen molar-refractivity contribution in [2.45, 2.75) is 39.0 Å². The van der Waals surface area contributed by atoms with Crippen molar-refractivity contribution in [3.63, 3.8) is 0 Å². The summed E-state index contributed by atoms with van der Waals surface area (Å²) in [4.78, 5) is 31.0. The zero-order valence-electron chi connectivity index (χ0n) is 18.7. The van der Waals surface area contributed by atoms with Crippen LogP contribution in [0.2, 0.25) is 5.02 Å². The molecule has 6 nitrogen and oxygen atoms in total. The number of esters is 1. The number of amides is 1. The Hall–Kier alpha value is -2.09. The monoisotopic (exact) mass is 475 g/mol. The lowest BCUT2D eigenvalue weighted by atomic mass is 10.1. The number of anilines is 2. The van der Waals surface area contributed by atoms with Crippen molar-refractivity contribution in [3.05, 3.63) is 44.8 Å². The molecular weight excluding hydrogens is 446 g/mol. The second kappa shape index (κ2) is 10.2. The molecule has 1 saturated heterocycles. The van der Waals surface area contributed by atoms with Crippen LogP contribution in [-0.2, 0) is 22.4 Å². The summed E-state index contributed by atoms with van der Waals surface area (Å²) < 4.78 is 5.04. The van der Waals surface area contributed by atoms with Gasteiger partial charge in [0.15, 0.2) is 0 Å². The van der Waals surface area contributed by atoms with Gasteiger partial charge in [-0.25, -0.2) is 4.79 Å². The van der Waals surface area contributed by atoms with Crippen LogP contribution in [0.15, 0.2) is 18.2 Å². The number of benzene rings is 1. The van der Waals surface area contributed by atoms with E-state index >= 15 is 0 Å². The van der Waals surface area contributed by atoms with Gasteiger partial charge in [-0.3, -0.25) is 9.69 Å². The molecule has 0 saturated carbocycles. The summed E-state index contributed by atoms with van der Waals surface area (Å²) in [5.41, 5.74) is 3.99. The highest BCUT2D eigenvalue weighted by atomic mass is 35.5. The molecule has 2 heterocycles. The van der Waals surface area contributed by atoms with E-state index in [0.717, 1.165) is 68.1 Å². The number of rotatable bonds is 5. The number of halogens is 1. The summed E-state index contributed by atoms with van der Waals surface area (Å²) in [6.45, 7) is 5.68. The van der Waals surface area contributed by atoms with Gasteiger partial charge in [-0.1, -0.05) is 24.1 Å². The van der Waals surface area contributed by atoms with E-state index in [4.69, 9.17) is 16.3 Å². The van der Waals surface area contributed by atoms with E-state index in [1.54, 1.807) is 0 Å². The van der Waals surface area contributed by atoms with Crippen LogP contribution in [0.1, 0.15) is 45.6 Å². The first-order valence-electron chi connectivity index (χ1n) is 11.2. The summed E-state index contributed by atoms with van der Waals surface area (Å²) in [6, 6.07) is 5.96. The predicted octanol–water partition coefficient (Wildman–Crippen LogP) is 4.53. The molecule has 0 radical (unpaired) electrons. The summed E-state index contributed by atoms with van der Waals surface area (Å²) in [6.07, 6.45) is 5.20. The van der Waals surface area contributed by atoms with Crippen LogP contribution in [0.25, 0.3) is 0 Å². The van der Waals surface area contributed by atoms with Gasteiger partial charge in [0.25, 0.3) is 0 Å². The number of carbonyl (C=O) groups excluding carboxylic acids is 2. The van der Waals surface area contributed by atoms with Crippen molar-refractivity contribution < 1.29 is 14.3 Å². The number of fused-ring (bicyclic) bond motifs is 1. The minimum atomic E-state index is -0.356. The molecule has 2 aromatic rings. The Kier molecular flexibility index (Phi) is 7.38. The van der Waals surface area contributed by atoms with Crippen LogP contribution in [0.4, 0.5) is 10.7 Å². The van der Waals surface area contributed by atoms with Crippen LogP contribution in [0, 0.1) is 6.92 Å². The molecule has 0 atom stereocenters. The van der Waals surface area contributed by atoms with Crippen LogP contribution in [-0.4, -0.2) is 56.6 Å². The Morgan fingerprint density at radius 2 is 1.88 bits per heavy atom. The highest BCUT2D eigenvalue weighted by molar-refractivity contribution is 7.17. The van der Waals surface area contributed by atoms with Gasteiger partial charge in [0.05, 0.1) is 19.2 Å². The average Bonchev–Trinajstić information content (AvgIpc) is 2.95.